The van der Waals surface area contributed by atoms with Crippen molar-refractivity contribution in [2.24, 2.45) is 5.73 Å². The van der Waals surface area contributed by atoms with Crippen LogP contribution in [-0.4, -0.2) is 37.1 Å². The first-order valence-electron chi connectivity index (χ1n) is 8.24. The first-order chi connectivity index (χ1) is 11.2. The number of benzene rings is 1. The van der Waals surface area contributed by atoms with Gasteiger partial charge in [-0.15, -0.1) is 0 Å². The number of carbonyl (C=O) groups is 2. The Bertz CT molecular complexity index is 590. The van der Waals surface area contributed by atoms with Gasteiger partial charge in [-0.25, -0.2) is 0 Å². The Kier molecular flexibility index (Phi) is 4.93. The largest absolute Gasteiger partial charge is 0.364 e. The lowest BCUT2D eigenvalue weighted by Gasteiger charge is -2.27. The number of hydrogen-bond acceptors (Lipinski definition) is 4. The molecular formula is C17H23N3O3. The summed E-state index contributed by atoms with van der Waals surface area (Å²) in [6, 6.07) is 7.42. The van der Waals surface area contributed by atoms with Gasteiger partial charge >= 0.3 is 0 Å². The van der Waals surface area contributed by atoms with Crippen molar-refractivity contribution in [2.75, 3.05) is 23.3 Å². The molecule has 2 aliphatic heterocycles. The number of piperidine rings is 1. The maximum absolute atomic E-state index is 12.3. The Morgan fingerprint density at radius 3 is 2.96 bits per heavy atom. The second kappa shape index (κ2) is 7.10. The van der Waals surface area contributed by atoms with Crippen molar-refractivity contribution in [3.63, 3.8) is 0 Å². The van der Waals surface area contributed by atoms with Crippen molar-refractivity contribution in [1.82, 2.24) is 0 Å². The van der Waals surface area contributed by atoms with E-state index >= 15 is 0 Å². The Labute approximate surface area is 136 Å². The Hall–Kier alpha value is -1.92. The smallest absolute Gasteiger partial charge is 0.253 e. The summed E-state index contributed by atoms with van der Waals surface area (Å²) in [5.74, 6) is -0.00675. The molecule has 0 bridgehead atoms. The zero-order chi connectivity index (χ0) is 16.2. The number of carbonyl (C=O) groups excluding carboxylic acids is 2. The van der Waals surface area contributed by atoms with E-state index in [0.29, 0.717) is 25.1 Å². The summed E-state index contributed by atoms with van der Waals surface area (Å²) < 4.78 is 5.61. The maximum atomic E-state index is 12.3. The minimum Gasteiger partial charge on any atom is -0.364 e. The molecule has 0 aliphatic carbocycles. The quantitative estimate of drug-likeness (QED) is 0.884. The molecule has 2 atom stereocenters. The lowest BCUT2D eigenvalue weighted by Crippen LogP contribution is -2.35. The topological polar surface area (TPSA) is 84.7 Å². The molecule has 2 amide bonds. The van der Waals surface area contributed by atoms with Crippen LogP contribution in [0.25, 0.3) is 0 Å². The molecule has 6 nitrogen and oxygen atoms in total. The summed E-state index contributed by atoms with van der Waals surface area (Å²) in [7, 11) is 0. The van der Waals surface area contributed by atoms with Gasteiger partial charge in [-0.05, 0) is 43.9 Å². The third-order valence-corrected chi connectivity index (χ3v) is 4.41. The van der Waals surface area contributed by atoms with Crippen LogP contribution in [0.5, 0.6) is 0 Å². The highest BCUT2D eigenvalue weighted by Gasteiger charge is 2.30. The lowest BCUT2D eigenvalue weighted by molar-refractivity contribution is -0.126. The van der Waals surface area contributed by atoms with Crippen LogP contribution in [-0.2, 0) is 14.3 Å². The molecule has 0 unspecified atom stereocenters. The molecule has 1 aromatic rings. The normalized spacial score (nSPS) is 24.7. The number of ether oxygens (including phenoxy) is 1. The summed E-state index contributed by atoms with van der Waals surface area (Å²) in [6.45, 7) is 1.18. The van der Waals surface area contributed by atoms with Crippen molar-refractivity contribution in [3.8, 4) is 0 Å². The molecule has 6 heteroatoms. The minimum atomic E-state index is -0.441. The number of nitrogens with one attached hydrogen (secondary N) is 1. The van der Waals surface area contributed by atoms with Crippen molar-refractivity contribution >= 4 is 23.2 Å². The fourth-order valence-corrected chi connectivity index (χ4v) is 3.13. The molecule has 2 heterocycles. The molecule has 0 saturated carbocycles. The molecule has 1 aromatic carbocycles. The summed E-state index contributed by atoms with van der Waals surface area (Å²) in [5.41, 5.74) is 7.09. The maximum Gasteiger partial charge on any atom is 0.253 e. The van der Waals surface area contributed by atoms with Crippen LogP contribution in [0.4, 0.5) is 11.4 Å². The zero-order valence-electron chi connectivity index (χ0n) is 13.2. The molecule has 0 aromatic heterocycles. The van der Waals surface area contributed by atoms with Gasteiger partial charge in [0.2, 0.25) is 5.91 Å². The van der Waals surface area contributed by atoms with Crippen molar-refractivity contribution in [1.29, 1.82) is 0 Å². The molecule has 23 heavy (non-hydrogen) atoms. The molecular weight excluding hydrogens is 294 g/mol. The van der Waals surface area contributed by atoms with E-state index in [1.54, 1.807) is 4.90 Å². The number of hydrogen-bond donors (Lipinski definition) is 2. The fraction of sp³-hybridized carbons (Fsp3) is 0.529. The molecule has 0 spiro atoms. The van der Waals surface area contributed by atoms with E-state index in [0.717, 1.165) is 31.5 Å². The monoisotopic (exact) mass is 317 g/mol. The lowest BCUT2D eigenvalue weighted by atomic mass is 10.1. The summed E-state index contributed by atoms with van der Waals surface area (Å²) in [6.07, 6.45) is 3.60. The van der Waals surface area contributed by atoms with E-state index in [9.17, 15) is 9.59 Å². The molecule has 2 fully saturated rings. The van der Waals surface area contributed by atoms with Gasteiger partial charge in [-0.1, -0.05) is 6.07 Å². The molecule has 0 radical (unpaired) electrons. The predicted molar refractivity (Wildman–Crippen MR) is 88.2 cm³/mol. The second-order valence-corrected chi connectivity index (χ2v) is 6.10. The molecule has 2 saturated heterocycles. The van der Waals surface area contributed by atoms with E-state index in [1.165, 1.54) is 0 Å². The number of amides is 2. The van der Waals surface area contributed by atoms with Crippen molar-refractivity contribution in [2.45, 2.75) is 44.3 Å². The molecule has 124 valence electrons. The summed E-state index contributed by atoms with van der Waals surface area (Å²) in [4.78, 5) is 26.1. The van der Waals surface area contributed by atoms with Gasteiger partial charge in [0.25, 0.3) is 5.91 Å². The highest BCUT2D eigenvalue weighted by Crippen LogP contribution is 2.25. The number of nitrogens with two attached hydrogens (primary N) is 1. The Morgan fingerprint density at radius 1 is 1.35 bits per heavy atom. The van der Waals surface area contributed by atoms with Crippen LogP contribution < -0.4 is 16.0 Å². The first kappa shape index (κ1) is 16.0. The number of anilines is 2. The van der Waals surface area contributed by atoms with E-state index in [-0.39, 0.29) is 17.9 Å². The van der Waals surface area contributed by atoms with Crippen LogP contribution in [0.15, 0.2) is 24.3 Å². The van der Waals surface area contributed by atoms with E-state index < -0.39 is 6.10 Å². The Balaban J connectivity index is 1.65. The predicted octanol–water partition coefficient (Wildman–Crippen LogP) is 1.65. The Morgan fingerprint density at radius 2 is 2.22 bits per heavy atom. The van der Waals surface area contributed by atoms with Crippen molar-refractivity contribution in [3.05, 3.63) is 24.3 Å². The van der Waals surface area contributed by atoms with Crippen LogP contribution in [0, 0.1) is 0 Å². The van der Waals surface area contributed by atoms with E-state index in [4.69, 9.17) is 10.5 Å². The fourth-order valence-electron chi connectivity index (χ4n) is 3.13. The molecule has 3 N–H and O–H groups in total. The average Bonchev–Trinajstić information content (AvgIpc) is 3.05. The SMILES string of the molecule is NC[C@H]1CC[C@@H](C(=O)Nc2cccc(N3CCCCC3=O)c2)O1. The number of rotatable bonds is 4. The summed E-state index contributed by atoms with van der Waals surface area (Å²) >= 11 is 0. The first-order valence-corrected chi connectivity index (χ1v) is 8.24. The minimum absolute atomic E-state index is 0.0249. The van der Waals surface area contributed by atoms with Gasteiger partial charge in [-0.3, -0.25) is 9.59 Å². The molecule has 3 rings (SSSR count). The van der Waals surface area contributed by atoms with Gasteiger partial charge in [0.1, 0.15) is 6.10 Å². The van der Waals surface area contributed by atoms with Gasteiger partial charge in [0.15, 0.2) is 0 Å². The standard InChI is InChI=1S/C17H23N3O3/c18-11-14-7-8-15(23-14)17(22)19-12-4-3-5-13(10-12)20-9-2-1-6-16(20)21/h3-5,10,14-15H,1-2,6-9,11,18H2,(H,19,22)/t14-,15+/m1/s1. The third kappa shape index (κ3) is 3.71. The van der Waals surface area contributed by atoms with Gasteiger partial charge in [0.05, 0.1) is 6.10 Å². The van der Waals surface area contributed by atoms with Crippen molar-refractivity contribution < 1.29 is 14.3 Å². The molecule has 2 aliphatic rings. The van der Waals surface area contributed by atoms with Gasteiger partial charge in [-0.2, -0.15) is 0 Å². The van der Waals surface area contributed by atoms with E-state index in [2.05, 4.69) is 5.32 Å². The van der Waals surface area contributed by atoms with Crippen LogP contribution >= 0.6 is 0 Å². The second-order valence-electron chi connectivity index (χ2n) is 6.10. The van der Waals surface area contributed by atoms with E-state index in [1.807, 2.05) is 24.3 Å². The highest BCUT2D eigenvalue weighted by molar-refractivity contribution is 5.97. The number of nitrogens with zero attached hydrogens (tertiary/aromatic N) is 1. The summed E-state index contributed by atoms with van der Waals surface area (Å²) in [5, 5.41) is 2.88. The van der Waals surface area contributed by atoms with Crippen LogP contribution in [0.1, 0.15) is 32.1 Å². The van der Waals surface area contributed by atoms with Crippen LogP contribution in [0.3, 0.4) is 0 Å². The zero-order valence-corrected chi connectivity index (χ0v) is 13.2. The van der Waals surface area contributed by atoms with Crippen LogP contribution in [0.2, 0.25) is 0 Å². The van der Waals surface area contributed by atoms with Gasteiger partial charge < -0.3 is 20.7 Å². The third-order valence-electron chi connectivity index (χ3n) is 4.41. The van der Waals surface area contributed by atoms with Gasteiger partial charge in [0, 0.05) is 30.9 Å². The average molecular weight is 317 g/mol. The highest BCUT2D eigenvalue weighted by atomic mass is 16.5.